The molecule has 2 amide bonds. The molecule has 2 rings (SSSR count). The highest BCUT2D eigenvalue weighted by Gasteiger charge is 2.18. The molecule has 0 aliphatic rings. The van der Waals surface area contributed by atoms with Crippen LogP contribution in [0.3, 0.4) is 0 Å². The van der Waals surface area contributed by atoms with E-state index in [-0.39, 0.29) is 19.8 Å². The molecule has 2 aromatic rings. The van der Waals surface area contributed by atoms with Crippen LogP contribution in [-0.2, 0) is 14.3 Å². The number of nitrogens with one attached hydrogen (secondary N) is 2. The Hall–Kier alpha value is -2.70. The molecule has 0 spiro atoms. The summed E-state index contributed by atoms with van der Waals surface area (Å²) in [6.45, 7) is 4.07. The van der Waals surface area contributed by atoms with Gasteiger partial charge in [0, 0.05) is 12.2 Å². The smallest absolute Gasteiger partial charge is 0.313 e. The van der Waals surface area contributed by atoms with Crippen LogP contribution in [0.25, 0.3) is 0 Å². The molecule has 26 heavy (non-hydrogen) atoms. The van der Waals surface area contributed by atoms with Gasteiger partial charge in [0.15, 0.2) is 0 Å². The van der Waals surface area contributed by atoms with Crippen molar-refractivity contribution in [1.82, 2.24) is 5.32 Å². The maximum Gasteiger partial charge on any atom is 0.313 e. The van der Waals surface area contributed by atoms with Crippen molar-refractivity contribution in [3.63, 3.8) is 0 Å². The second-order valence-electron chi connectivity index (χ2n) is 6.02. The molecule has 0 radical (unpaired) electrons. The fraction of sp³-hybridized carbons (Fsp3) is 0.300. The zero-order valence-corrected chi connectivity index (χ0v) is 15.0. The molecule has 0 saturated carbocycles. The Morgan fingerprint density at radius 1 is 0.962 bits per heavy atom. The average molecular weight is 356 g/mol. The lowest BCUT2D eigenvalue weighted by molar-refractivity contribution is -0.136. The molecule has 6 nitrogen and oxygen atoms in total. The van der Waals surface area contributed by atoms with Crippen molar-refractivity contribution >= 4 is 17.5 Å². The maximum absolute atomic E-state index is 12.0. The van der Waals surface area contributed by atoms with Crippen molar-refractivity contribution in [2.45, 2.75) is 20.0 Å². The zero-order valence-electron chi connectivity index (χ0n) is 15.0. The number of benzene rings is 2. The van der Waals surface area contributed by atoms with Gasteiger partial charge in [-0.25, -0.2) is 0 Å². The number of amides is 2. The van der Waals surface area contributed by atoms with E-state index in [9.17, 15) is 9.59 Å². The van der Waals surface area contributed by atoms with E-state index in [1.165, 1.54) is 0 Å². The second kappa shape index (κ2) is 9.70. The summed E-state index contributed by atoms with van der Waals surface area (Å²) < 4.78 is 5.58. The van der Waals surface area contributed by atoms with E-state index in [4.69, 9.17) is 9.84 Å². The van der Waals surface area contributed by atoms with Crippen molar-refractivity contribution in [3.8, 4) is 0 Å². The number of anilines is 1. The van der Waals surface area contributed by atoms with Crippen molar-refractivity contribution in [2.75, 3.05) is 25.1 Å². The number of aryl methyl sites for hydroxylation is 2. The monoisotopic (exact) mass is 356 g/mol. The normalized spacial score (nSPS) is 11.7. The summed E-state index contributed by atoms with van der Waals surface area (Å²) in [6.07, 6.45) is -0.445. The SMILES string of the molecule is Cc1ccc(NC(=O)C(=O)NCC(OCCO)c2ccc(C)cc2)cc1. The minimum absolute atomic E-state index is 0.121. The summed E-state index contributed by atoms with van der Waals surface area (Å²) in [5.74, 6) is -1.48. The Balaban J connectivity index is 1.93. The Labute approximate surface area is 153 Å². The topological polar surface area (TPSA) is 87.7 Å². The van der Waals surface area contributed by atoms with Gasteiger partial charge in [-0.2, -0.15) is 0 Å². The van der Waals surface area contributed by atoms with Crippen LogP contribution >= 0.6 is 0 Å². The van der Waals surface area contributed by atoms with E-state index in [0.29, 0.717) is 5.69 Å². The summed E-state index contributed by atoms with van der Waals surface area (Å²) in [7, 11) is 0. The third-order valence-corrected chi connectivity index (χ3v) is 3.82. The molecule has 0 aromatic heterocycles. The lowest BCUT2D eigenvalue weighted by Gasteiger charge is -2.18. The first-order valence-corrected chi connectivity index (χ1v) is 8.44. The van der Waals surface area contributed by atoms with Crippen molar-refractivity contribution in [3.05, 3.63) is 65.2 Å². The predicted octanol–water partition coefficient (Wildman–Crippen LogP) is 2.11. The van der Waals surface area contributed by atoms with Crippen LogP contribution in [0, 0.1) is 13.8 Å². The molecule has 3 N–H and O–H groups in total. The average Bonchev–Trinajstić information content (AvgIpc) is 2.64. The molecule has 0 bridgehead atoms. The van der Waals surface area contributed by atoms with E-state index < -0.39 is 17.9 Å². The van der Waals surface area contributed by atoms with Gasteiger partial charge < -0.3 is 20.5 Å². The number of carbonyl (C=O) groups is 2. The zero-order chi connectivity index (χ0) is 18.9. The summed E-state index contributed by atoms with van der Waals surface area (Å²) in [4.78, 5) is 24.1. The highest BCUT2D eigenvalue weighted by atomic mass is 16.5. The Kier molecular flexibility index (Phi) is 7.32. The van der Waals surface area contributed by atoms with Crippen molar-refractivity contribution in [2.24, 2.45) is 0 Å². The quantitative estimate of drug-likeness (QED) is 0.663. The van der Waals surface area contributed by atoms with Gasteiger partial charge in [0.25, 0.3) is 0 Å². The number of aliphatic hydroxyl groups is 1. The third kappa shape index (κ3) is 5.98. The standard InChI is InChI=1S/C20H24N2O4/c1-14-3-7-16(8-4-14)18(26-12-11-23)13-21-19(24)20(25)22-17-9-5-15(2)6-10-17/h3-10,18,23H,11-13H2,1-2H3,(H,21,24)(H,22,25). The van der Waals surface area contributed by atoms with Crippen LogP contribution in [0.2, 0.25) is 0 Å². The maximum atomic E-state index is 12.0. The highest BCUT2D eigenvalue weighted by Crippen LogP contribution is 2.17. The summed E-state index contributed by atoms with van der Waals surface area (Å²) in [5, 5.41) is 14.1. The molecule has 6 heteroatoms. The number of hydrogen-bond donors (Lipinski definition) is 3. The molecule has 0 aliphatic carbocycles. The van der Waals surface area contributed by atoms with Gasteiger partial charge in [0.1, 0.15) is 0 Å². The predicted molar refractivity (Wildman–Crippen MR) is 99.8 cm³/mol. The molecule has 138 valence electrons. The fourth-order valence-corrected chi connectivity index (χ4v) is 2.34. The van der Waals surface area contributed by atoms with E-state index in [1.54, 1.807) is 12.1 Å². The van der Waals surface area contributed by atoms with Crippen LogP contribution < -0.4 is 10.6 Å². The second-order valence-corrected chi connectivity index (χ2v) is 6.02. The van der Waals surface area contributed by atoms with E-state index in [0.717, 1.165) is 16.7 Å². The van der Waals surface area contributed by atoms with Gasteiger partial charge in [0.05, 0.1) is 19.3 Å². The third-order valence-electron chi connectivity index (χ3n) is 3.82. The van der Waals surface area contributed by atoms with E-state index in [2.05, 4.69) is 10.6 Å². The molecular weight excluding hydrogens is 332 g/mol. The molecule has 2 aromatic carbocycles. The van der Waals surface area contributed by atoms with Gasteiger partial charge in [-0.1, -0.05) is 47.5 Å². The number of ether oxygens (including phenoxy) is 1. The van der Waals surface area contributed by atoms with Crippen LogP contribution in [-0.4, -0.2) is 36.7 Å². The minimum atomic E-state index is -0.740. The first-order valence-electron chi connectivity index (χ1n) is 8.44. The fourth-order valence-electron chi connectivity index (χ4n) is 2.34. The largest absolute Gasteiger partial charge is 0.394 e. The minimum Gasteiger partial charge on any atom is -0.394 e. The lowest BCUT2D eigenvalue weighted by Crippen LogP contribution is -2.38. The van der Waals surface area contributed by atoms with Crippen LogP contribution in [0.4, 0.5) is 5.69 Å². The highest BCUT2D eigenvalue weighted by molar-refractivity contribution is 6.39. The van der Waals surface area contributed by atoms with Gasteiger partial charge in [-0.15, -0.1) is 0 Å². The molecule has 0 aliphatic heterocycles. The number of carbonyl (C=O) groups excluding carboxylic acids is 2. The lowest BCUT2D eigenvalue weighted by atomic mass is 10.1. The first kappa shape index (κ1) is 19.6. The van der Waals surface area contributed by atoms with Gasteiger partial charge in [-0.3, -0.25) is 9.59 Å². The van der Waals surface area contributed by atoms with Gasteiger partial charge in [0.2, 0.25) is 0 Å². The Morgan fingerprint density at radius 3 is 2.12 bits per heavy atom. The number of hydrogen-bond acceptors (Lipinski definition) is 4. The molecule has 0 saturated heterocycles. The molecule has 0 heterocycles. The number of aliphatic hydroxyl groups excluding tert-OH is 1. The molecule has 0 fully saturated rings. The van der Waals surface area contributed by atoms with Crippen LogP contribution in [0.15, 0.2) is 48.5 Å². The van der Waals surface area contributed by atoms with Crippen LogP contribution in [0.5, 0.6) is 0 Å². The van der Waals surface area contributed by atoms with Crippen LogP contribution in [0.1, 0.15) is 22.8 Å². The number of rotatable bonds is 7. The molecular formula is C20H24N2O4. The Bertz CT molecular complexity index is 726. The van der Waals surface area contributed by atoms with E-state index >= 15 is 0 Å². The van der Waals surface area contributed by atoms with Crippen molar-refractivity contribution < 1.29 is 19.4 Å². The first-order chi connectivity index (χ1) is 12.5. The van der Waals surface area contributed by atoms with Crippen molar-refractivity contribution in [1.29, 1.82) is 0 Å². The molecule has 1 atom stereocenters. The summed E-state index contributed by atoms with van der Waals surface area (Å²) >= 11 is 0. The molecule has 1 unspecified atom stereocenters. The summed E-state index contributed by atoms with van der Waals surface area (Å²) in [6, 6.07) is 14.9. The van der Waals surface area contributed by atoms with E-state index in [1.807, 2.05) is 50.2 Å². The summed E-state index contributed by atoms with van der Waals surface area (Å²) in [5.41, 5.74) is 3.59. The van der Waals surface area contributed by atoms with Gasteiger partial charge in [-0.05, 0) is 31.5 Å². The Morgan fingerprint density at radius 2 is 1.54 bits per heavy atom. The van der Waals surface area contributed by atoms with Gasteiger partial charge >= 0.3 is 11.8 Å².